The van der Waals surface area contributed by atoms with Crippen molar-refractivity contribution in [2.24, 2.45) is 11.7 Å². The smallest absolute Gasteiger partial charge is 0.225 e. The van der Waals surface area contributed by atoms with Crippen LogP contribution in [0.5, 0.6) is 0 Å². The van der Waals surface area contributed by atoms with Crippen LogP contribution in [0.4, 0.5) is 5.95 Å². The lowest BCUT2D eigenvalue weighted by Crippen LogP contribution is -2.33. The molecule has 2 fully saturated rings. The molecule has 2 unspecified atom stereocenters. The maximum Gasteiger partial charge on any atom is 0.225 e. The summed E-state index contributed by atoms with van der Waals surface area (Å²) in [5, 5.41) is 0. The number of anilines is 1. The SMILES string of the molecule is Cc1nc(N2CC3CCC2C3)ncc1CN. The second-order valence-electron chi connectivity index (χ2n) is 4.97. The fraction of sp³-hybridized carbons (Fsp3) is 0.667. The minimum atomic E-state index is 0.526. The molecule has 4 heteroatoms. The normalized spacial score (nSPS) is 27.8. The topological polar surface area (TPSA) is 55.0 Å². The monoisotopic (exact) mass is 218 g/mol. The average molecular weight is 218 g/mol. The molecular weight excluding hydrogens is 200 g/mol. The second-order valence-corrected chi connectivity index (χ2v) is 4.97. The van der Waals surface area contributed by atoms with Crippen molar-refractivity contribution < 1.29 is 0 Å². The number of rotatable bonds is 2. The number of hydrogen-bond donors (Lipinski definition) is 1. The van der Waals surface area contributed by atoms with E-state index in [2.05, 4.69) is 14.9 Å². The largest absolute Gasteiger partial charge is 0.338 e. The minimum Gasteiger partial charge on any atom is -0.338 e. The molecule has 2 aliphatic rings. The highest BCUT2D eigenvalue weighted by atomic mass is 15.3. The Morgan fingerprint density at radius 1 is 1.50 bits per heavy atom. The molecule has 0 radical (unpaired) electrons. The van der Waals surface area contributed by atoms with Crippen molar-refractivity contribution >= 4 is 5.95 Å². The van der Waals surface area contributed by atoms with Gasteiger partial charge in [0, 0.05) is 36.6 Å². The summed E-state index contributed by atoms with van der Waals surface area (Å²) in [7, 11) is 0. The van der Waals surface area contributed by atoms with E-state index >= 15 is 0 Å². The van der Waals surface area contributed by atoms with Crippen LogP contribution in [0.1, 0.15) is 30.5 Å². The molecule has 2 heterocycles. The summed E-state index contributed by atoms with van der Waals surface area (Å²) >= 11 is 0. The zero-order valence-corrected chi connectivity index (χ0v) is 9.69. The van der Waals surface area contributed by atoms with Crippen LogP contribution in [0, 0.1) is 12.8 Å². The van der Waals surface area contributed by atoms with Crippen molar-refractivity contribution in [1.82, 2.24) is 9.97 Å². The van der Waals surface area contributed by atoms with Crippen molar-refractivity contribution in [1.29, 1.82) is 0 Å². The van der Waals surface area contributed by atoms with Crippen LogP contribution < -0.4 is 10.6 Å². The lowest BCUT2D eigenvalue weighted by atomic mass is 10.1. The molecule has 3 rings (SSSR count). The molecule has 1 aliphatic heterocycles. The third-order valence-corrected chi connectivity index (χ3v) is 3.95. The number of fused-ring (bicyclic) bond motifs is 2. The van der Waals surface area contributed by atoms with Crippen LogP contribution in [0.15, 0.2) is 6.20 Å². The predicted molar refractivity (Wildman–Crippen MR) is 63.1 cm³/mol. The van der Waals surface area contributed by atoms with Gasteiger partial charge in [0.2, 0.25) is 5.95 Å². The van der Waals surface area contributed by atoms with Crippen LogP contribution in [-0.4, -0.2) is 22.6 Å². The summed E-state index contributed by atoms with van der Waals surface area (Å²) in [4.78, 5) is 11.4. The maximum absolute atomic E-state index is 5.62. The van der Waals surface area contributed by atoms with E-state index in [0.717, 1.165) is 29.7 Å². The number of hydrogen-bond acceptors (Lipinski definition) is 4. The van der Waals surface area contributed by atoms with Crippen molar-refractivity contribution in [3.63, 3.8) is 0 Å². The molecule has 2 bridgehead atoms. The Labute approximate surface area is 95.9 Å². The highest BCUT2D eigenvalue weighted by Crippen LogP contribution is 2.38. The van der Waals surface area contributed by atoms with Gasteiger partial charge in [0.05, 0.1) is 0 Å². The van der Waals surface area contributed by atoms with Gasteiger partial charge in [0.25, 0.3) is 0 Å². The fourth-order valence-corrected chi connectivity index (χ4v) is 2.99. The highest BCUT2D eigenvalue weighted by Gasteiger charge is 2.38. The van der Waals surface area contributed by atoms with Gasteiger partial charge < -0.3 is 10.6 Å². The molecule has 0 amide bonds. The first-order chi connectivity index (χ1) is 7.78. The first-order valence-electron chi connectivity index (χ1n) is 6.07. The summed E-state index contributed by atoms with van der Waals surface area (Å²) in [6.45, 7) is 3.69. The molecule has 16 heavy (non-hydrogen) atoms. The molecule has 1 saturated carbocycles. The van der Waals surface area contributed by atoms with Crippen molar-refractivity contribution in [2.75, 3.05) is 11.4 Å². The zero-order chi connectivity index (χ0) is 11.1. The quantitative estimate of drug-likeness (QED) is 0.811. The third-order valence-electron chi connectivity index (χ3n) is 3.95. The molecule has 0 spiro atoms. The molecule has 0 aromatic carbocycles. The van der Waals surface area contributed by atoms with E-state index in [-0.39, 0.29) is 0 Å². The minimum absolute atomic E-state index is 0.526. The van der Waals surface area contributed by atoms with Crippen molar-refractivity contribution in [2.45, 2.75) is 38.8 Å². The Kier molecular flexibility index (Phi) is 2.32. The average Bonchev–Trinajstić information content (AvgIpc) is 2.90. The van der Waals surface area contributed by atoms with Crippen LogP contribution >= 0.6 is 0 Å². The number of nitrogens with two attached hydrogens (primary N) is 1. The molecule has 86 valence electrons. The molecule has 2 N–H and O–H groups in total. The van der Waals surface area contributed by atoms with E-state index in [1.807, 2.05) is 13.1 Å². The van der Waals surface area contributed by atoms with Crippen LogP contribution in [-0.2, 0) is 6.54 Å². The van der Waals surface area contributed by atoms with Gasteiger partial charge in [0.15, 0.2) is 0 Å². The van der Waals surface area contributed by atoms with Gasteiger partial charge in [-0.1, -0.05) is 0 Å². The molecule has 4 nitrogen and oxygen atoms in total. The molecular formula is C12H18N4. The van der Waals surface area contributed by atoms with Gasteiger partial charge in [-0.05, 0) is 32.1 Å². The van der Waals surface area contributed by atoms with Crippen molar-refractivity contribution in [3.8, 4) is 0 Å². The van der Waals surface area contributed by atoms with Crippen LogP contribution in [0.3, 0.4) is 0 Å². The summed E-state index contributed by atoms with van der Waals surface area (Å²) in [5.74, 6) is 1.78. The Morgan fingerprint density at radius 2 is 2.38 bits per heavy atom. The van der Waals surface area contributed by atoms with Crippen molar-refractivity contribution in [3.05, 3.63) is 17.5 Å². The van der Waals surface area contributed by atoms with E-state index in [4.69, 9.17) is 5.73 Å². The Bertz CT molecular complexity index is 404. The molecule has 2 atom stereocenters. The van der Waals surface area contributed by atoms with E-state index in [1.165, 1.54) is 19.3 Å². The lowest BCUT2D eigenvalue weighted by Gasteiger charge is -2.27. The molecule has 1 aliphatic carbocycles. The molecule has 1 aromatic heterocycles. The molecule has 1 aromatic rings. The number of piperidine rings is 1. The Hall–Kier alpha value is -1.16. The fourth-order valence-electron chi connectivity index (χ4n) is 2.99. The van der Waals surface area contributed by atoms with Crippen LogP contribution in [0.2, 0.25) is 0 Å². The van der Waals surface area contributed by atoms with Gasteiger partial charge in [-0.15, -0.1) is 0 Å². The predicted octanol–water partition coefficient (Wildman–Crippen LogP) is 1.23. The molecule has 1 saturated heterocycles. The zero-order valence-electron chi connectivity index (χ0n) is 9.69. The summed E-state index contributed by atoms with van der Waals surface area (Å²) in [5.41, 5.74) is 7.69. The summed E-state index contributed by atoms with van der Waals surface area (Å²) in [6.07, 6.45) is 5.91. The van der Waals surface area contributed by atoms with Gasteiger partial charge in [0.1, 0.15) is 0 Å². The van der Waals surface area contributed by atoms with E-state index in [1.54, 1.807) is 0 Å². The first-order valence-corrected chi connectivity index (χ1v) is 6.07. The highest BCUT2D eigenvalue weighted by molar-refractivity contribution is 5.37. The van der Waals surface area contributed by atoms with E-state index in [0.29, 0.717) is 12.6 Å². The standard InChI is InChI=1S/C12H18N4/c1-8-10(5-13)6-14-12(15-8)16-7-9-2-3-11(16)4-9/h6,9,11H,2-5,7,13H2,1H3. The number of nitrogens with zero attached hydrogens (tertiary/aromatic N) is 3. The lowest BCUT2D eigenvalue weighted by molar-refractivity contribution is 0.546. The summed E-state index contributed by atoms with van der Waals surface area (Å²) < 4.78 is 0. The first kappa shape index (κ1) is 10.0. The number of aryl methyl sites for hydroxylation is 1. The van der Waals surface area contributed by atoms with Gasteiger partial charge >= 0.3 is 0 Å². The van der Waals surface area contributed by atoms with Gasteiger partial charge in [-0.3, -0.25) is 0 Å². The Balaban J connectivity index is 1.87. The van der Waals surface area contributed by atoms with Gasteiger partial charge in [-0.2, -0.15) is 0 Å². The van der Waals surface area contributed by atoms with Crippen LogP contribution in [0.25, 0.3) is 0 Å². The number of aromatic nitrogens is 2. The van der Waals surface area contributed by atoms with Gasteiger partial charge in [-0.25, -0.2) is 9.97 Å². The van der Waals surface area contributed by atoms with E-state index < -0.39 is 0 Å². The summed E-state index contributed by atoms with van der Waals surface area (Å²) in [6, 6.07) is 0.688. The third kappa shape index (κ3) is 1.48. The van der Waals surface area contributed by atoms with E-state index in [9.17, 15) is 0 Å². The maximum atomic E-state index is 5.62. The Morgan fingerprint density at radius 3 is 2.94 bits per heavy atom. The second kappa shape index (κ2) is 3.70.